The molecule has 1 unspecified atom stereocenters. The number of nitrogens with one attached hydrogen (secondary N) is 1. The molecule has 0 aliphatic heterocycles. The lowest BCUT2D eigenvalue weighted by Crippen LogP contribution is -2.06. The molecular weight excluding hydrogens is 214 g/mol. The van der Waals surface area contributed by atoms with Gasteiger partial charge in [-0.2, -0.15) is 0 Å². The molecule has 0 saturated carbocycles. The van der Waals surface area contributed by atoms with E-state index in [0.717, 1.165) is 16.5 Å². The van der Waals surface area contributed by atoms with Gasteiger partial charge in [0.2, 0.25) is 0 Å². The van der Waals surface area contributed by atoms with Crippen molar-refractivity contribution in [2.45, 2.75) is 32.6 Å². The highest BCUT2D eigenvalue weighted by Gasteiger charge is 2.17. The zero-order chi connectivity index (χ0) is 12.6. The third-order valence-electron chi connectivity index (χ3n) is 3.24. The Labute approximate surface area is 100 Å². The van der Waals surface area contributed by atoms with E-state index in [1.165, 1.54) is 5.56 Å². The number of carboxylic acid groups (broad SMARTS) is 1. The van der Waals surface area contributed by atoms with Gasteiger partial charge < -0.3 is 10.1 Å². The molecule has 0 amide bonds. The first-order valence-electron chi connectivity index (χ1n) is 5.84. The van der Waals surface area contributed by atoms with E-state index in [1.54, 1.807) is 13.1 Å². The summed E-state index contributed by atoms with van der Waals surface area (Å²) in [5.41, 5.74) is 3.12. The fraction of sp³-hybridized carbons (Fsp3) is 0.357. The molecule has 1 aromatic carbocycles. The highest BCUT2D eigenvalue weighted by atomic mass is 16.4. The van der Waals surface area contributed by atoms with Crippen molar-refractivity contribution in [3.8, 4) is 0 Å². The van der Waals surface area contributed by atoms with Crippen molar-refractivity contribution in [1.82, 2.24) is 4.98 Å². The van der Waals surface area contributed by atoms with E-state index < -0.39 is 11.9 Å². The maximum Gasteiger partial charge on any atom is 0.310 e. The Kier molecular flexibility index (Phi) is 2.92. The fourth-order valence-corrected chi connectivity index (χ4v) is 2.02. The number of fused-ring (bicyclic) bond motifs is 1. The van der Waals surface area contributed by atoms with E-state index in [4.69, 9.17) is 5.11 Å². The van der Waals surface area contributed by atoms with E-state index in [2.05, 4.69) is 31.0 Å². The average molecular weight is 231 g/mol. The van der Waals surface area contributed by atoms with Gasteiger partial charge in [-0.15, -0.1) is 0 Å². The van der Waals surface area contributed by atoms with Crippen LogP contribution in [0.15, 0.2) is 24.4 Å². The van der Waals surface area contributed by atoms with Crippen LogP contribution in [0.5, 0.6) is 0 Å². The van der Waals surface area contributed by atoms with Crippen molar-refractivity contribution in [2.75, 3.05) is 0 Å². The Morgan fingerprint density at radius 3 is 2.59 bits per heavy atom. The molecule has 0 aliphatic rings. The molecule has 1 heterocycles. The number of H-pyrrole nitrogens is 1. The van der Waals surface area contributed by atoms with Gasteiger partial charge in [-0.3, -0.25) is 4.79 Å². The molecule has 0 spiro atoms. The van der Waals surface area contributed by atoms with Crippen molar-refractivity contribution in [2.24, 2.45) is 0 Å². The number of rotatable bonds is 3. The molecule has 3 nitrogen and oxygen atoms in total. The summed E-state index contributed by atoms with van der Waals surface area (Å²) >= 11 is 0. The van der Waals surface area contributed by atoms with Crippen LogP contribution in [0.3, 0.4) is 0 Å². The molecule has 0 fully saturated rings. The lowest BCUT2D eigenvalue weighted by atomic mass is 9.97. The average Bonchev–Trinajstić information content (AvgIpc) is 2.70. The summed E-state index contributed by atoms with van der Waals surface area (Å²) in [5, 5.41) is 10.0. The number of hydrogen-bond acceptors (Lipinski definition) is 1. The van der Waals surface area contributed by atoms with Gasteiger partial charge in [0.1, 0.15) is 0 Å². The molecule has 0 aliphatic carbocycles. The van der Waals surface area contributed by atoms with Crippen LogP contribution in [0, 0.1) is 0 Å². The van der Waals surface area contributed by atoms with Crippen LogP contribution in [-0.4, -0.2) is 16.1 Å². The number of aromatic nitrogens is 1. The molecule has 2 rings (SSSR count). The van der Waals surface area contributed by atoms with E-state index in [1.807, 2.05) is 6.07 Å². The van der Waals surface area contributed by atoms with Crippen LogP contribution in [0.25, 0.3) is 10.9 Å². The van der Waals surface area contributed by atoms with Gasteiger partial charge in [0.15, 0.2) is 0 Å². The molecule has 2 N–H and O–H groups in total. The third-order valence-corrected chi connectivity index (χ3v) is 3.24. The van der Waals surface area contributed by atoms with Gasteiger partial charge in [-0.1, -0.05) is 26.0 Å². The van der Waals surface area contributed by atoms with E-state index in [0.29, 0.717) is 5.92 Å². The Morgan fingerprint density at radius 1 is 1.29 bits per heavy atom. The van der Waals surface area contributed by atoms with Crippen molar-refractivity contribution in [3.05, 3.63) is 35.5 Å². The van der Waals surface area contributed by atoms with E-state index in [9.17, 15) is 4.79 Å². The van der Waals surface area contributed by atoms with E-state index >= 15 is 0 Å². The first kappa shape index (κ1) is 11.7. The second-order valence-electron chi connectivity index (χ2n) is 4.76. The minimum absolute atomic E-state index is 0.475. The normalized spacial score (nSPS) is 13.2. The lowest BCUT2D eigenvalue weighted by molar-refractivity contribution is -0.138. The number of benzene rings is 1. The summed E-state index contributed by atoms with van der Waals surface area (Å²) in [6, 6.07) is 6.17. The maximum absolute atomic E-state index is 11.0. The Morgan fingerprint density at radius 2 is 2.00 bits per heavy atom. The molecule has 2 aromatic rings. The van der Waals surface area contributed by atoms with Crippen molar-refractivity contribution < 1.29 is 9.90 Å². The molecule has 3 heteroatoms. The van der Waals surface area contributed by atoms with Gasteiger partial charge >= 0.3 is 5.97 Å². The predicted molar refractivity (Wildman–Crippen MR) is 68.4 cm³/mol. The summed E-state index contributed by atoms with van der Waals surface area (Å²) in [5.74, 6) is -0.796. The third kappa shape index (κ3) is 2.05. The van der Waals surface area contributed by atoms with E-state index in [-0.39, 0.29) is 0 Å². The van der Waals surface area contributed by atoms with Crippen molar-refractivity contribution >= 4 is 16.9 Å². The van der Waals surface area contributed by atoms with Crippen molar-refractivity contribution in [1.29, 1.82) is 0 Å². The predicted octanol–water partition coefficient (Wildman–Crippen LogP) is 3.48. The first-order chi connectivity index (χ1) is 8.00. The molecule has 0 radical (unpaired) electrons. The molecular formula is C14H17NO2. The van der Waals surface area contributed by atoms with Gasteiger partial charge in [0.05, 0.1) is 5.92 Å². The van der Waals surface area contributed by atoms with Crippen LogP contribution < -0.4 is 0 Å². The second-order valence-corrected chi connectivity index (χ2v) is 4.76. The summed E-state index contributed by atoms with van der Waals surface area (Å²) in [6.07, 6.45) is 1.80. The smallest absolute Gasteiger partial charge is 0.310 e. The molecule has 17 heavy (non-hydrogen) atoms. The second kappa shape index (κ2) is 4.24. The summed E-state index contributed by atoms with van der Waals surface area (Å²) < 4.78 is 0. The largest absolute Gasteiger partial charge is 0.481 e. The minimum Gasteiger partial charge on any atom is -0.481 e. The van der Waals surface area contributed by atoms with Crippen LogP contribution in [-0.2, 0) is 4.79 Å². The van der Waals surface area contributed by atoms with Crippen LogP contribution in [0.2, 0.25) is 0 Å². The molecule has 1 atom stereocenters. The quantitative estimate of drug-likeness (QED) is 0.849. The van der Waals surface area contributed by atoms with Crippen LogP contribution in [0.4, 0.5) is 0 Å². The number of hydrogen-bond donors (Lipinski definition) is 2. The number of aliphatic carboxylic acids is 1. The highest BCUT2D eigenvalue weighted by molar-refractivity contribution is 5.89. The Bertz CT molecular complexity index is 554. The summed E-state index contributed by atoms with van der Waals surface area (Å²) in [4.78, 5) is 14.2. The van der Waals surface area contributed by atoms with Gasteiger partial charge in [0, 0.05) is 17.1 Å². The summed E-state index contributed by atoms with van der Waals surface area (Å²) in [7, 11) is 0. The van der Waals surface area contributed by atoms with Crippen LogP contribution >= 0.6 is 0 Å². The minimum atomic E-state index is -0.793. The highest BCUT2D eigenvalue weighted by Crippen LogP contribution is 2.28. The SMILES string of the molecule is CC(C)c1ccc2c(C(C)C(=O)O)c[nH]c2c1. The zero-order valence-corrected chi connectivity index (χ0v) is 10.3. The first-order valence-corrected chi connectivity index (χ1v) is 5.84. The van der Waals surface area contributed by atoms with Crippen LogP contribution in [0.1, 0.15) is 43.7 Å². The number of aromatic amines is 1. The van der Waals surface area contributed by atoms with Crippen molar-refractivity contribution in [3.63, 3.8) is 0 Å². The zero-order valence-electron chi connectivity index (χ0n) is 10.3. The molecule has 0 bridgehead atoms. The lowest BCUT2D eigenvalue weighted by Gasteiger charge is -2.07. The molecule has 90 valence electrons. The summed E-state index contributed by atoms with van der Waals surface area (Å²) in [6.45, 7) is 6.00. The monoisotopic (exact) mass is 231 g/mol. The number of carbonyl (C=O) groups is 1. The fourth-order valence-electron chi connectivity index (χ4n) is 2.02. The number of carboxylic acids is 1. The van der Waals surface area contributed by atoms with Gasteiger partial charge in [0.25, 0.3) is 0 Å². The maximum atomic E-state index is 11.0. The molecule has 0 saturated heterocycles. The topological polar surface area (TPSA) is 53.1 Å². The molecule has 1 aromatic heterocycles. The Balaban J connectivity index is 2.52. The Hall–Kier alpha value is -1.77. The van der Waals surface area contributed by atoms with Gasteiger partial charge in [-0.05, 0) is 30.0 Å². The van der Waals surface area contributed by atoms with Gasteiger partial charge in [-0.25, -0.2) is 0 Å². The standard InChI is InChI=1S/C14H17NO2/c1-8(2)10-4-5-11-12(9(3)14(16)17)7-15-13(11)6-10/h4-9,15H,1-3H3,(H,16,17).